The van der Waals surface area contributed by atoms with E-state index in [4.69, 9.17) is 15.2 Å². The number of amides is 1. The lowest BCUT2D eigenvalue weighted by molar-refractivity contribution is 0.0994. The number of carbonyl (C=O) groups excluding carboxylic acids is 1. The van der Waals surface area contributed by atoms with Gasteiger partial charge in [0.25, 0.3) is 5.91 Å². The molecule has 0 heterocycles. The van der Waals surface area contributed by atoms with Crippen molar-refractivity contribution in [3.63, 3.8) is 0 Å². The first-order chi connectivity index (χ1) is 12.1. The maximum absolute atomic E-state index is 11.6. The molecule has 0 bridgehead atoms. The molecule has 6 heteroatoms. The normalized spacial score (nSPS) is 10.7. The zero-order chi connectivity index (χ0) is 18.2. The van der Waals surface area contributed by atoms with Gasteiger partial charge in [-0.05, 0) is 29.8 Å². The van der Waals surface area contributed by atoms with Crippen LogP contribution < -0.4 is 20.5 Å². The molecule has 2 aromatic carbocycles. The van der Waals surface area contributed by atoms with E-state index >= 15 is 0 Å². The Hall–Kier alpha value is -3.46. The van der Waals surface area contributed by atoms with Crippen LogP contribution in [0.5, 0.6) is 11.5 Å². The van der Waals surface area contributed by atoms with Gasteiger partial charge in [0.2, 0.25) is 0 Å². The Kier molecular flexibility index (Phi) is 6.02. The van der Waals surface area contributed by atoms with Crippen LogP contribution in [0.25, 0.3) is 0 Å². The van der Waals surface area contributed by atoms with Gasteiger partial charge in [-0.15, -0.1) is 0 Å². The largest absolute Gasteiger partial charge is 0.496 e. The fourth-order valence-electron chi connectivity index (χ4n) is 2.36. The van der Waals surface area contributed by atoms with Crippen LogP contribution in [0.15, 0.2) is 54.2 Å². The molecular weight excluding hydrogens is 318 g/mol. The zero-order valence-electron chi connectivity index (χ0n) is 14.1. The minimum absolute atomic E-state index is 0.179. The van der Waals surface area contributed by atoms with E-state index in [0.717, 1.165) is 11.3 Å². The third-order valence-corrected chi connectivity index (χ3v) is 3.54. The molecular formula is C19H19N3O3. The number of nitrogens with two attached hydrogens (primary N) is 1. The van der Waals surface area contributed by atoms with E-state index in [1.165, 1.54) is 14.2 Å². The number of para-hydroxylation sites is 1. The Morgan fingerprint density at radius 3 is 2.28 bits per heavy atom. The molecule has 0 spiro atoms. The van der Waals surface area contributed by atoms with Crippen LogP contribution in [0.3, 0.4) is 0 Å². The van der Waals surface area contributed by atoms with E-state index in [-0.39, 0.29) is 5.56 Å². The topological polar surface area (TPSA) is 97.4 Å². The Balaban J connectivity index is 2.28. The second-order valence-corrected chi connectivity index (χ2v) is 5.21. The van der Waals surface area contributed by atoms with Crippen LogP contribution in [0.1, 0.15) is 15.9 Å². The summed E-state index contributed by atoms with van der Waals surface area (Å²) in [5, 5.41) is 12.4. The van der Waals surface area contributed by atoms with Crippen molar-refractivity contribution in [2.45, 2.75) is 6.42 Å². The van der Waals surface area contributed by atoms with Crippen LogP contribution in [0, 0.1) is 11.3 Å². The number of nitrogens with one attached hydrogen (secondary N) is 1. The number of rotatable bonds is 7. The molecule has 0 aliphatic carbocycles. The zero-order valence-corrected chi connectivity index (χ0v) is 14.1. The van der Waals surface area contributed by atoms with Crippen LogP contribution >= 0.6 is 0 Å². The highest BCUT2D eigenvalue weighted by molar-refractivity contribution is 5.98. The van der Waals surface area contributed by atoms with Crippen LogP contribution in [0.2, 0.25) is 0 Å². The van der Waals surface area contributed by atoms with Gasteiger partial charge < -0.3 is 20.5 Å². The summed E-state index contributed by atoms with van der Waals surface area (Å²) >= 11 is 0. The van der Waals surface area contributed by atoms with Crippen molar-refractivity contribution in [1.29, 1.82) is 5.26 Å². The standard InChI is InChI=1S/C19H19N3O3/c1-24-16-9-13(10-17(25-2)18(16)19(21)23)8-14(11-20)12-22-15-6-4-3-5-7-15/h3-7,9-10,12,22H,8H2,1-2H3,(H2,21,23)/b14-12-. The van der Waals surface area contributed by atoms with Gasteiger partial charge in [-0.2, -0.15) is 5.26 Å². The first-order valence-corrected chi connectivity index (χ1v) is 7.54. The molecule has 0 unspecified atom stereocenters. The summed E-state index contributed by atoms with van der Waals surface area (Å²) in [4.78, 5) is 11.6. The monoisotopic (exact) mass is 337 g/mol. The lowest BCUT2D eigenvalue weighted by Gasteiger charge is -2.13. The lowest BCUT2D eigenvalue weighted by Crippen LogP contribution is -2.14. The molecule has 0 aliphatic heterocycles. The summed E-state index contributed by atoms with van der Waals surface area (Å²) in [6.45, 7) is 0. The SMILES string of the molecule is COc1cc(C/C(C#N)=C/Nc2ccccc2)cc(OC)c1C(N)=O. The van der Waals surface area contributed by atoms with Crippen molar-refractivity contribution in [3.05, 3.63) is 65.4 Å². The Labute approximate surface area is 146 Å². The Morgan fingerprint density at radius 1 is 1.20 bits per heavy atom. The number of primary amides is 1. The molecule has 0 atom stereocenters. The molecule has 25 heavy (non-hydrogen) atoms. The molecule has 0 aromatic heterocycles. The number of methoxy groups -OCH3 is 2. The van der Waals surface area contributed by atoms with Crippen LogP contribution in [0.4, 0.5) is 5.69 Å². The van der Waals surface area contributed by atoms with Crippen molar-refractivity contribution >= 4 is 11.6 Å². The summed E-state index contributed by atoms with van der Waals surface area (Å²) in [7, 11) is 2.89. The van der Waals surface area contributed by atoms with Crippen molar-refractivity contribution in [2.75, 3.05) is 19.5 Å². The van der Waals surface area contributed by atoms with Gasteiger partial charge in [0.1, 0.15) is 17.1 Å². The maximum atomic E-state index is 11.6. The molecule has 0 aliphatic rings. The van der Waals surface area contributed by atoms with Crippen molar-refractivity contribution in [1.82, 2.24) is 0 Å². The number of allylic oxidation sites excluding steroid dienone is 1. The van der Waals surface area contributed by atoms with Gasteiger partial charge in [0.15, 0.2) is 0 Å². The predicted molar refractivity (Wildman–Crippen MR) is 95.5 cm³/mol. The van der Waals surface area contributed by atoms with Gasteiger partial charge in [-0.25, -0.2) is 0 Å². The second-order valence-electron chi connectivity index (χ2n) is 5.21. The van der Waals surface area contributed by atoms with E-state index in [1.54, 1.807) is 18.3 Å². The van der Waals surface area contributed by atoms with Crippen molar-refractivity contribution in [2.24, 2.45) is 5.73 Å². The molecule has 6 nitrogen and oxygen atoms in total. The molecule has 1 amide bonds. The summed E-state index contributed by atoms with van der Waals surface area (Å²) in [5.41, 5.74) is 7.73. The first kappa shape index (κ1) is 17.9. The van der Waals surface area contributed by atoms with Gasteiger partial charge >= 0.3 is 0 Å². The van der Waals surface area contributed by atoms with E-state index in [1.807, 2.05) is 30.3 Å². The lowest BCUT2D eigenvalue weighted by atomic mass is 10.0. The van der Waals surface area contributed by atoms with Gasteiger partial charge in [0, 0.05) is 23.9 Å². The average molecular weight is 337 g/mol. The third kappa shape index (κ3) is 4.52. The van der Waals surface area contributed by atoms with E-state index in [2.05, 4.69) is 11.4 Å². The summed E-state index contributed by atoms with van der Waals surface area (Å²) < 4.78 is 10.5. The summed E-state index contributed by atoms with van der Waals surface area (Å²) in [6.07, 6.45) is 2.00. The number of nitrogens with zero attached hydrogens (tertiary/aromatic N) is 1. The number of ether oxygens (including phenoxy) is 2. The first-order valence-electron chi connectivity index (χ1n) is 7.54. The number of hydrogen-bond acceptors (Lipinski definition) is 5. The second kappa shape index (κ2) is 8.41. The highest BCUT2D eigenvalue weighted by Gasteiger charge is 2.17. The molecule has 0 radical (unpaired) electrons. The summed E-state index contributed by atoms with van der Waals surface area (Å²) in [6, 6.07) is 15.0. The van der Waals surface area contributed by atoms with E-state index < -0.39 is 5.91 Å². The predicted octanol–water partition coefficient (Wildman–Crippen LogP) is 2.86. The number of benzene rings is 2. The number of hydrogen-bond donors (Lipinski definition) is 2. The Morgan fingerprint density at radius 2 is 1.80 bits per heavy atom. The highest BCUT2D eigenvalue weighted by atomic mass is 16.5. The highest BCUT2D eigenvalue weighted by Crippen LogP contribution is 2.31. The van der Waals surface area contributed by atoms with Gasteiger partial charge in [-0.3, -0.25) is 4.79 Å². The quantitative estimate of drug-likeness (QED) is 0.757. The Bertz CT molecular complexity index is 799. The maximum Gasteiger partial charge on any atom is 0.256 e. The minimum Gasteiger partial charge on any atom is -0.496 e. The van der Waals surface area contributed by atoms with E-state index in [0.29, 0.717) is 23.5 Å². The molecule has 128 valence electrons. The molecule has 3 N–H and O–H groups in total. The molecule has 0 saturated carbocycles. The average Bonchev–Trinajstić information content (AvgIpc) is 2.64. The van der Waals surface area contributed by atoms with E-state index in [9.17, 15) is 10.1 Å². The third-order valence-electron chi connectivity index (χ3n) is 3.54. The number of carbonyl (C=O) groups is 1. The fourth-order valence-corrected chi connectivity index (χ4v) is 2.36. The van der Waals surface area contributed by atoms with Crippen LogP contribution in [-0.2, 0) is 6.42 Å². The van der Waals surface area contributed by atoms with Crippen LogP contribution in [-0.4, -0.2) is 20.1 Å². The number of anilines is 1. The molecule has 0 saturated heterocycles. The van der Waals surface area contributed by atoms with Crippen molar-refractivity contribution < 1.29 is 14.3 Å². The molecule has 2 rings (SSSR count). The van der Waals surface area contributed by atoms with Gasteiger partial charge in [0.05, 0.1) is 20.3 Å². The fraction of sp³-hybridized carbons (Fsp3) is 0.158. The van der Waals surface area contributed by atoms with Gasteiger partial charge in [-0.1, -0.05) is 18.2 Å². The minimum atomic E-state index is -0.637. The van der Waals surface area contributed by atoms with Crippen molar-refractivity contribution in [3.8, 4) is 17.6 Å². The smallest absolute Gasteiger partial charge is 0.256 e. The molecule has 0 fully saturated rings. The summed E-state index contributed by atoms with van der Waals surface area (Å²) in [5.74, 6) is -0.00707. The molecule has 2 aromatic rings. The number of nitriles is 1.